The third kappa shape index (κ3) is 1.96. The summed E-state index contributed by atoms with van der Waals surface area (Å²) < 4.78 is 6.01. The number of nitriles is 1. The number of hydrogen-bond acceptors (Lipinski definition) is 4. The molecule has 3 aromatic carbocycles. The summed E-state index contributed by atoms with van der Waals surface area (Å²) in [5, 5.41) is 14.3. The lowest BCUT2D eigenvalue weighted by atomic mass is 9.71. The number of para-hydroxylation sites is 1. The SMILES string of the molecule is CN1OC(c2cccc3ccccc23)C2(C#N)COc3ccccc3C12. The van der Waals surface area contributed by atoms with E-state index in [4.69, 9.17) is 9.57 Å². The van der Waals surface area contributed by atoms with Gasteiger partial charge < -0.3 is 4.74 Å². The van der Waals surface area contributed by atoms with E-state index >= 15 is 0 Å². The molecule has 1 fully saturated rings. The molecule has 3 aromatic rings. The monoisotopic (exact) mass is 342 g/mol. The summed E-state index contributed by atoms with van der Waals surface area (Å²) in [6, 6.07) is 24.7. The zero-order valence-corrected chi connectivity index (χ0v) is 14.4. The Bertz CT molecular complexity index is 1040. The largest absolute Gasteiger partial charge is 0.491 e. The van der Waals surface area contributed by atoms with E-state index in [2.05, 4.69) is 30.3 Å². The first kappa shape index (κ1) is 15.4. The lowest BCUT2D eigenvalue weighted by molar-refractivity contribution is -0.146. The van der Waals surface area contributed by atoms with Crippen LogP contribution in [0.3, 0.4) is 0 Å². The van der Waals surface area contributed by atoms with Crippen LogP contribution in [0, 0.1) is 16.7 Å². The van der Waals surface area contributed by atoms with E-state index in [0.29, 0.717) is 6.61 Å². The van der Waals surface area contributed by atoms with Crippen molar-refractivity contribution in [1.29, 1.82) is 5.26 Å². The zero-order valence-electron chi connectivity index (χ0n) is 14.4. The molecule has 2 aliphatic heterocycles. The standard InChI is InChI=1S/C22H18N2O2/c1-24-20-18-10-4-5-12-19(18)25-14-22(20,13-23)21(26-24)17-11-6-8-15-7-2-3-9-16(15)17/h2-12,20-21H,14H2,1H3. The van der Waals surface area contributed by atoms with Gasteiger partial charge in [-0.2, -0.15) is 10.3 Å². The van der Waals surface area contributed by atoms with Crippen molar-refractivity contribution < 1.29 is 9.57 Å². The topological polar surface area (TPSA) is 45.5 Å². The first-order valence-electron chi connectivity index (χ1n) is 8.75. The van der Waals surface area contributed by atoms with E-state index < -0.39 is 5.41 Å². The van der Waals surface area contributed by atoms with Crippen LogP contribution in [0.15, 0.2) is 66.7 Å². The highest BCUT2D eigenvalue weighted by Gasteiger charge is 2.60. The lowest BCUT2D eigenvalue weighted by Gasteiger charge is -2.37. The molecule has 0 N–H and O–H groups in total. The molecule has 0 aliphatic carbocycles. The van der Waals surface area contributed by atoms with Crippen molar-refractivity contribution >= 4 is 10.8 Å². The van der Waals surface area contributed by atoms with Crippen LogP contribution >= 0.6 is 0 Å². The van der Waals surface area contributed by atoms with Crippen LogP contribution in [0.25, 0.3) is 10.8 Å². The molecular formula is C22H18N2O2. The summed E-state index contributed by atoms with van der Waals surface area (Å²) in [4.78, 5) is 6.28. The molecule has 2 aliphatic rings. The van der Waals surface area contributed by atoms with Crippen LogP contribution in [-0.2, 0) is 4.84 Å². The first-order valence-corrected chi connectivity index (χ1v) is 8.75. The van der Waals surface area contributed by atoms with Crippen LogP contribution in [0.1, 0.15) is 23.3 Å². The Morgan fingerprint density at radius 2 is 1.73 bits per heavy atom. The van der Waals surface area contributed by atoms with E-state index in [9.17, 15) is 5.26 Å². The van der Waals surface area contributed by atoms with Crippen LogP contribution in [0.5, 0.6) is 5.75 Å². The molecule has 1 saturated heterocycles. The Hall–Kier alpha value is -2.87. The second-order valence-electron chi connectivity index (χ2n) is 6.98. The average molecular weight is 342 g/mol. The Morgan fingerprint density at radius 1 is 1.00 bits per heavy atom. The Labute approximate surface area is 152 Å². The van der Waals surface area contributed by atoms with Crippen LogP contribution in [0.2, 0.25) is 0 Å². The average Bonchev–Trinajstić information content (AvgIpc) is 3.01. The van der Waals surface area contributed by atoms with Crippen LogP contribution < -0.4 is 4.74 Å². The molecule has 4 nitrogen and oxygen atoms in total. The van der Waals surface area contributed by atoms with Gasteiger partial charge in [-0.1, -0.05) is 60.7 Å². The molecule has 2 heterocycles. The molecule has 0 bridgehead atoms. The smallest absolute Gasteiger partial charge is 0.145 e. The molecule has 3 unspecified atom stereocenters. The van der Waals surface area contributed by atoms with E-state index in [0.717, 1.165) is 27.6 Å². The highest BCUT2D eigenvalue weighted by molar-refractivity contribution is 5.86. The van der Waals surface area contributed by atoms with Gasteiger partial charge in [0.05, 0.1) is 12.1 Å². The summed E-state index contributed by atoms with van der Waals surface area (Å²) in [6.07, 6.45) is -0.387. The van der Waals surface area contributed by atoms with Crippen molar-refractivity contribution in [2.24, 2.45) is 5.41 Å². The first-order chi connectivity index (χ1) is 12.7. The van der Waals surface area contributed by atoms with Gasteiger partial charge in [0.25, 0.3) is 0 Å². The summed E-state index contributed by atoms with van der Waals surface area (Å²) in [5.41, 5.74) is 1.24. The number of hydroxylamine groups is 2. The molecule has 3 atom stereocenters. The van der Waals surface area contributed by atoms with Gasteiger partial charge in [0.1, 0.15) is 23.9 Å². The number of rotatable bonds is 1. The molecule has 0 spiro atoms. The van der Waals surface area contributed by atoms with Gasteiger partial charge in [-0.15, -0.1) is 0 Å². The van der Waals surface area contributed by atoms with Crippen LogP contribution in [-0.4, -0.2) is 18.7 Å². The highest BCUT2D eigenvalue weighted by Crippen LogP contribution is 2.59. The lowest BCUT2D eigenvalue weighted by Crippen LogP contribution is -2.40. The highest BCUT2D eigenvalue weighted by atomic mass is 16.7. The second kappa shape index (κ2) is 5.57. The van der Waals surface area contributed by atoms with Crippen molar-refractivity contribution in [1.82, 2.24) is 5.06 Å². The third-order valence-electron chi connectivity index (χ3n) is 5.59. The number of fused-ring (bicyclic) bond motifs is 4. The quantitative estimate of drug-likeness (QED) is 0.657. The van der Waals surface area contributed by atoms with E-state index in [1.54, 1.807) is 0 Å². The summed E-state index contributed by atoms with van der Waals surface area (Å²) in [6.45, 7) is 0.309. The van der Waals surface area contributed by atoms with Gasteiger partial charge in [-0.25, -0.2) is 0 Å². The van der Waals surface area contributed by atoms with Gasteiger partial charge in [0, 0.05) is 12.6 Å². The van der Waals surface area contributed by atoms with Gasteiger partial charge >= 0.3 is 0 Å². The number of benzene rings is 3. The zero-order chi connectivity index (χ0) is 17.7. The minimum Gasteiger partial charge on any atom is -0.491 e. The Kier molecular flexibility index (Phi) is 3.30. The summed E-state index contributed by atoms with van der Waals surface area (Å²) in [7, 11) is 1.91. The molecule has 0 radical (unpaired) electrons. The molecule has 128 valence electrons. The molecule has 5 rings (SSSR count). The van der Waals surface area contributed by atoms with E-state index in [1.807, 2.05) is 54.6 Å². The molecule has 0 amide bonds. The predicted octanol–water partition coefficient (Wildman–Crippen LogP) is 4.40. The maximum atomic E-state index is 10.3. The molecular weight excluding hydrogens is 324 g/mol. The van der Waals surface area contributed by atoms with Gasteiger partial charge in [0.15, 0.2) is 0 Å². The van der Waals surface area contributed by atoms with Crippen molar-refractivity contribution in [3.05, 3.63) is 77.9 Å². The summed E-state index contributed by atoms with van der Waals surface area (Å²) >= 11 is 0. The number of nitrogens with zero attached hydrogens (tertiary/aromatic N) is 2. The van der Waals surface area contributed by atoms with Gasteiger partial charge in [0.2, 0.25) is 0 Å². The minimum absolute atomic E-state index is 0.165. The molecule has 4 heteroatoms. The van der Waals surface area contributed by atoms with Gasteiger partial charge in [-0.3, -0.25) is 4.84 Å². The van der Waals surface area contributed by atoms with E-state index in [-0.39, 0.29) is 12.1 Å². The van der Waals surface area contributed by atoms with Crippen molar-refractivity contribution in [2.75, 3.05) is 13.7 Å². The van der Waals surface area contributed by atoms with Crippen molar-refractivity contribution in [2.45, 2.75) is 12.1 Å². The fraction of sp³-hybridized carbons (Fsp3) is 0.227. The number of hydrogen-bond donors (Lipinski definition) is 0. The van der Waals surface area contributed by atoms with Crippen molar-refractivity contribution in [3.63, 3.8) is 0 Å². The van der Waals surface area contributed by atoms with Crippen LogP contribution in [0.4, 0.5) is 0 Å². The minimum atomic E-state index is -0.798. The maximum absolute atomic E-state index is 10.3. The van der Waals surface area contributed by atoms with E-state index in [1.165, 1.54) is 0 Å². The fourth-order valence-corrected chi connectivity index (χ4v) is 4.42. The molecule has 0 aromatic heterocycles. The summed E-state index contributed by atoms with van der Waals surface area (Å²) in [5.74, 6) is 0.831. The van der Waals surface area contributed by atoms with Crippen molar-refractivity contribution in [3.8, 4) is 11.8 Å². The molecule has 0 saturated carbocycles. The normalized spacial score (nSPS) is 27.4. The fourth-order valence-electron chi connectivity index (χ4n) is 4.42. The molecule has 26 heavy (non-hydrogen) atoms. The van der Waals surface area contributed by atoms with Gasteiger partial charge in [-0.05, 0) is 22.4 Å². The second-order valence-corrected chi connectivity index (χ2v) is 6.98. The Morgan fingerprint density at radius 3 is 2.62 bits per heavy atom. The predicted molar refractivity (Wildman–Crippen MR) is 98.3 cm³/mol. The Balaban J connectivity index is 1.72. The third-order valence-corrected chi connectivity index (χ3v) is 5.59. The maximum Gasteiger partial charge on any atom is 0.145 e. The number of ether oxygens (including phenoxy) is 1.